The molecule has 25 heavy (non-hydrogen) atoms. The molecule has 0 aliphatic carbocycles. The zero-order valence-corrected chi connectivity index (χ0v) is 14.5. The highest BCUT2D eigenvalue weighted by atomic mass is 16.5. The first-order valence-electron chi connectivity index (χ1n) is 8.15. The highest BCUT2D eigenvalue weighted by Crippen LogP contribution is 2.27. The van der Waals surface area contributed by atoms with E-state index in [1.165, 1.54) is 6.92 Å². The van der Waals surface area contributed by atoms with Crippen molar-refractivity contribution < 1.29 is 19.1 Å². The third-order valence-electron chi connectivity index (χ3n) is 4.41. The number of amides is 1. The Morgan fingerprint density at radius 3 is 2.64 bits per heavy atom. The van der Waals surface area contributed by atoms with Gasteiger partial charge in [-0.15, -0.1) is 0 Å². The minimum Gasteiger partial charge on any atom is -0.485 e. The number of aromatic amines is 1. The van der Waals surface area contributed by atoms with Crippen LogP contribution >= 0.6 is 0 Å². The van der Waals surface area contributed by atoms with E-state index in [0.717, 1.165) is 11.3 Å². The number of benzene rings is 1. The van der Waals surface area contributed by atoms with E-state index in [2.05, 4.69) is 10.3 Å². The first kappa shape index (κ1) is 17.0. The number of anilines is 1. The van der Waals surface area contributed by atoms with Gasteiger partial charge in [-0.3, -0.25) is 14.4 Å². The van der Waals surface area contributed by atoms with Crippen molar-refractivity contribution in [2.45, 2.75) is 33.6 Å². The van der Waals surface area contributed by atoms with E-state index in [1.54, 1.807) is 26.0 Å². The van der Waals surface area contributed by atoms with Crippen LogP contribution in [0.5, 0.6) is 5.75 Å². The van der Waals surface area contributed by atoms with Gasteiger partial charge >= 0.3 is 0 Å². The highest BCUT2D eigenvalue weighted by molar-refractivity contribution is 6.03. The number of carbonyl (C=O) groups is 3. The second-order valence-corrected chi connectivity index (χ2v) is 6.26. The zero-order valence-electron chi connectivity index (χ0n) is 14.5. The molecule has 0 saturated heterocycles. The molecule has 0 atom stereocenters. The zero-order chi connectivity index (χ0) is 18.1. The van der Waals surface area contributed by atoms with Gasteiger partial charge in [-0.05, 0) is 56.5 Å². The molecule has 130 valence electrons. The average Bonchev–Trinajstić information content (AvgIpc) is 2.87. The van der Waals surface area contributed by atoms with Gasteiger partial charge in [0.15, 0.2) is 12.4 Å². The number of ketones is 2. The molecule has 2 heterocycles. The van der Waals surface area contributed by atoms with Crippen molar-refractivity contribution in [2.75, 3.05) is 11.9 Å². The third-order valence-corrected chi connectivity index (χ3v) is 4.41. The van der Waals surface area contributed by atoms with E-state index in [0.29, 0.717) is 41.1 Å². The van der Waals surface area contributed by atoms with Crippen LogP contribution in [0, 0.1) is 13.8 Å². The molecule has 1 amide bonds. The lowest BCUT2D eigenvalue weighted by molar-refractivity contribution is -0.116. The molecule has 0 bridgehead atoms. The summed E-state index contributed by atoms with van der Waals surface area (Å²) in [5.74, 6) is 0.313. The molecule has 1 aromatic heterocycles. The van der Waals surface area contributed by atoms with Gasteiger partial charge < -0.3 is 15.0 Å². The van der Waals surface area contributed by atoms with E-state index in [9.17, 15) is 14.4 Å². The highest BCUT2D eigenvalue weighted by Gasteiger charge is 2.20. The summed E-state index contributed by atoms with van der Waals surface area (Å²) < 4.78 is 5.61. The quantitative estimate of drug-likeness (QED) is 0.819. The first-order chi connectivity index (χ1) is 11.9. The van der Waals surface area contributed by atoms with Crippen molar-refractivity contribution in [3.8, 4) is 5.75 Å². The lowest BCUT2D eigenvalue weighted by Crippen LogP contribution is -2.19. The number of hydrogen-bond acceptors (Lipinski definition) is 4. The molecule has 2 aromatic rings. The Bertz CT molecular complexity index is 880. The standard InChI is InChI=1S/C19H20N2O4/c1-10-18(12(3)22)11(2)20-19(10)16(23)9-25-14-5-6-15-13(8-14)4-7-17(24)21-15/h5-6,8,20H,4,7,9H2,1-3H3,(H,21,24). The van der Waals surface area contributed by atoms with Crippen molar-refractivity contribution in [3.63, 3.8) is 0 Å². The number of ether oxygens (including phenoxy) is 1. The molecule has 0 radical (unpaired) electrons. The van der Waals surface area contributed by atoms with Crippen LogP contribution in [0.4, 0.5) is 5.69 Å². The first-order valence-corrected chi connectivity index (χ1v) is 8.15. The van der Waals surface area contributed by atoms with Crippen LogP contribution in [-0.2, 0) is 11.2 Å². The Labute approximate surface area is 145 Å². The van der Waals surface area contributed by atoms with Crippen molar-refractivity contribution in [2.24, 2.45) is 0 Å². The van der Waals surface area contributed by atoms with Gasteiger partial charge in [-0.1, -0.05) is 0 Å². The summed E-state index contributed by atoms with van der Waals surface area (Å²) in [5.41, 5.74) is 4.11. The summed E-state index contributed by atoms with van der Waals surface area (Å²) in [6, 6.07) is 5.35. The van der Waals surface area contributed by atoms with Gasteiger partial charge in [0.25, 0.3) is 0 Å². The third kappa shape index (κ3) is 3.33. The minimum absolute atomic E-state index is 0.00946. The predicted molar refractivity (Wildman–Crippen MR) is 93.5 cm³/mol. The van der Waals surface area contributed by atoms with Gasteiger partial charge in [-0.2, -0.15) is 0 Å². The fourth-order valence-corrected chi connectivity index (χ4v) is 3.23. The molecule has 1 aliphatic rings. The van der Waals surface area contributed by atoms with Crippen LogP contribution in [0.2, 0.25) is 0 Å². The number of aromatic nitrogens is 1. The molecule has 6 nitrogen and oxygen atoms in total. The Morgan fingerprint density at radius 1 is 1.20 bits per heavy atom. The van der Waals surface area contributed by atoms with Gasteiger partial charge in [-0.25, -0.2) is 0 Å². The van der Waals surface area contributed by atoms with E-state index in [4.69, 9.17) is 4.74 Å². The number of nitrogens with one attached hydrogen (secondary N) is 2. The van der Waals surface area contributed by atoms with Crippen LogP contribution in [0.3, 0.4) is 0 Å². The summed E-state index contributed by atoms with van der Waals surface area (Å²) >= 11 is 0. The molecule has 0 spiro atoms. The molecule has 2 N–H and O–H groups in total. The van der Waals surface area contributed by atoms with Crippen LogP contribution < -0.4 is 10.1 Å². The smallest absolute Gasteiger partial charge is 0.224 e. The second kappa shape index (κ2) is 6.55. The average molecular weight is 340 g/mol. The molecule has 6 heteroatoms. The van der Waals surface area contributed by atoms with Crippen molar-refractivity contribution in [1.82, 2.24) is 4.98 Å². The van der Waals surface area contributed by atoms with Crippen LogP contribution in [-0.4, -0.2) is 29.1 Å². The van der Waals surface area contributed by atoms with E-state index < -0.39 is 0 Å². The molecular formula is C19H20N2O4. The molecule has 0 saturated carbocycles. The number of hydrogen-bond donors (Lipinski definition) is 2. The van der Waals surface area contributed by atoms with E-state index >= 15 is 0 Å². The van der Waals surface area contributed by atoms with Crippen LogP contribution in [0.1, 0.15) is 51.0 Å². The lowest BCUT2D eigenvalue weighted by atomic mass is 10.0. The monoisotopic (exact) mass is 340 g/mol. The van der Waals surface area contributed by atoms with Gasteiger partial charge in [0.2, 0.25) is 11.7 Å². The number of H-pyrrole nitrogens is 1. The number of fused-ring (bicyclic) bond motifs is 1. The second-order valence-electron chi connectivity index (χ2n) is 6.26. The van der Waals surface area contributed by atoms with Gasteiger partial charge in [0.05, 0.1) is 5.69 Å². The van der Waals surface area contributed by atoms with Crippen molar-refractivity contribution in [3.05, 3.63) is 46.3 Å². The van der Waals surface area contributed by atoms with Crippen LogP contribution in [0.15, 0.2) is 18.2 Å². The maximum absolute atomic E-state index is 12.4. The van der Waals surface area contributed by atoms with Gasteiger partial charge in [0, 0.05) is 23.4 Å². The normalized spacial score (nSPS) is 13.2. The molecule has 0 fully saturated rings. The van der Waals surface area contributed by atoms with Gasteiger partial charge in [0.1, 0.15) is 5.75 Å². The molecular weight excluding hydrogens is 320 g/mol. The lowest BCUT2D eigenvalue weighted by Gasteiger charge is -2.17. The Balaban J connectivity index is 1.72. The summed E-state index contributed by atoms with van der Waals surface area (Å²) in [6.07, 6.45) is 1.10. The number of aryl methyl sites for hydroxylation is 2. The summed E-state index contributed by atoms with van der Waals surface area (Å²) in [4.78, 5) is 38.5. The summed E-state index contributed by atoms with van der Waals surface area (Å²) in [7, 11) is 0. The van der Waals surface area contributed by atoms with E-state index in [-0.39, 0.29) is 24.1 Å². The predicted octanol–water partition coefficient (Wildman–Crippen LogP) is 2.98. The molecule has 0 unspecified atom stereocenters. The van der Waals surface area contributed by atoms with Crippen LogP contribution in [0.25, 0.3) is 0 Å². The molecule has 1 aromatic carbocycles. The van der Waals surface area contributed by atoms with Crippen molar-refractivity contribution >= 4 is 23.2 Å². The summed E-state index contributed by atoms with van der Waals surface area (Å²) in [6.45, 7) is 4.90. The fraction of sp³-hybridized carbons (Fsp3) is 0.316. The molecule has 1 aliphatic heterocycles. The summed E-state index contributed by atoms with van der Waals surface area (Å²) in [5, 5.41) is 2.81. The van der Waals surface area contributed by atoms with E-state index in [1.807, 2.05) is 6.07 Å². The number of rotatable bonds is 5. The number of Topliss-reactive ketones (excluding diaryl/α,β-unsaturated/α-hetero) is 2. The topological polar surface area (TPSA) is 88.3 Å². The minimum atomic E-state index is -0.209. The Hall–Kier alpha value is -2.89. The molecule has 3 rings (SSSR count). The number of carbonyl (C=O) groups excluding carboxylic acids is 3. The Morgan fingerprint density at radius 2 is 1.96 bits per heavy atom. The maximum Gasteiger partial charge on any atom is 0.224 e. The maximum atomic E-state index is 12.4. The fourth-order valence-electron chi connectivity index (χ4n) is 3.23. The SMILES string of the molecule is CC(=O)c1c(C)[nH]c(C(=O)COc2ccc3c(c2)CCC(=O)N3)c1C. The van der Waals surface area contributed by atoms with Crippen molar-refractivity contribution in [1.29, 1.82) is 0 Å². The largest absolute Gasteiger partial charge is 0.485 e. The Kier molecular flexibility index (Phi) is 4.44.